The van der Waals surface area contributed by atoms with Crippen molar-refractivity contribution < 1.29 is 17.3 Å². The van der Waals surface area contributed by atoms with Gasteiger partial charge in [0.15, 0.2) is 5.75 Å². The van der Waals surface area contributed by atoms with E-state index in [0.717, 1.165) is 11.1 Å². The van der Waals surface area contributed by atoms with Crippen molar-refractivity contribution in [3.63, 3.8) is 0 Å². The molecule has 0 N–H and O–H groups in total. The maximum absolute atomic E-state index is 12.7. The van der Waals surface area contributed by atoms with E-state index in [0.29, 0.717) is 23.3 Å². The van der Waals surface area contributed by atoms with Gasteiger partial charge >= 0.3 is 10.1 Å². The van der Waals surface area contributed by atoms with E-state index in [-0.39, 0.29) is 10.6 Å². The first-order valence-corrected chi connectivity index (χ1v) is 10.5. The minimum Gasteiger partial charge on any atom is -0.488 e. The number of ether oxygens (including phenoxy) is 1. The lowest BCUT2D eigenvalue weighted by atomic mass is 10.2. The van der Waals surface area contributed by atoms with Crippen LogP contribution in [0, 0.1) is 6.92 Å². The van der Waals surface area contributed by atoms with E-state index in [1.165, 1.54) is 12.1 Å². The second kappa shape index (κ2) is 7.93. The molecule has 0 aliphatic rings. The summed E-state index contributed by atoms with van der Waals surface area (Å²) < 4.78 is 36.7. The van der Waals surface area contributed by atoms with Crippen molar-refractivity contribution in [3.05, 3.63) is 96.2 Å². The van der Waals surface area contributed by atoms with Crippen LogP contribution in [0.4, 0.5) is 0 Å². The molecule has 1 aromatic heterocycles. The van der Waals surface area contributed by atoms with Crippen LogP contribution in [0.3, 0.4) is 0 Å². The van der Waals surface area contributed by atoms with Crippen molar-refractivity contribution >= 4 is 21.0 Å². The van der Waals surface area contributed by atoms with Gasteiger partial charge in [-0.15, -0.1) is 0 Å². The molecule has 0 spiro atoms. The van der Waals surface area contributed by atoms with Gasteiger partial charge in [-0.25, -0.2) is 0 Å². The highest BCUT2D eigenvalue weighted by Gasteiger charge is 2.19. The van der Waals surface area contributed by atoms with Gasteiger partial charge in [0.1, 0.15) is 22.8 Å². The van der Waals surface area contributed by atoms with Gasteiger partial charge in [-0.2, -0.15) is 8.42 Å². The van der Waals surface area contributed by atoms with E-state index in [2.05, 4.69) is 4.98 Å². The van der Waals surface area contributed by atoms with Crippen molar-refractivity contribution in [2.24, 2.45) is 0 Å². The zero-order valence-corrected chi connectivity index (χ0v) is 16.6. The van der Waals surface area contributed by atoms with E-state index in [1.807, 2.05) is 43.3 Å². The molecular weight excluding hydrogens is 386 g/mol. The summed E-state index contributed by atoms with van der Waals surface area (Å²) in [6.07, 6.45) is 1.58. The van der Waals surface area contributed by atoms with E-state index < -0.39 is 10.1 Å². The number of pyridine rings is 1. The largest absolute Gasteiger partial charge is 0.488 e. The Hall–Kier alpha value is -3.38. The summed E-state index contributed by atoms with van der Waals surface area (Å²) >= 11 is 0. The average Bonchev–Trinajstić information content (AvgIpc) is 2.73. The third kappa shape index (κ3) is 4.22. The lowest BCUT2D eigenvalue weighted by molar-refractivity contribution is 0.310. The normalized spacial score (nSPS) is 11.3. The number of hydrogen-bond acceptors (Lipinski definition) is 5. The average molecular weight is 405 g/mol. The minimum absolute atomic E-state index is 0.0941. The third-order valence-electron chi connectivity index (χ3n) is 4.44. The molecule has 0 saturated carbocycles. The Kier molecular flexibility index (Phi) is 5.18. The second-order valence-electron chi connectivity index (χ2n) is 6.59. The van der Waals surface area contributed by atoms with Gasteiger partial charge in [-0.3, -0.25) is 4.98 Å². The first kappa shape index (κ1) is 19.0. The summed E-state index contributed by atoms with van der Waals surface area (Å²) in [6, 6.07) is 23.2. The third-order valence-corrected chi connectivity index (χ3v) is 5.69. The highest BCUT2D eigenvalue weighted by atomic mass is 32.2. The number of hydrogen-bond donors (Lipinski definition) is 0. The fraction of sp³-hybridized carbons (Fsp3) is 0.0870. The maximum atomic E-state index is 12.7. The first-order valence-electron chi connectivity index (χ1n) is 9.08. The molecule has 4 aromatic rings. The van der Waals surface area contributed by atoms with E-state index in [4.69, 9.17) is 8.92 Å². The van der Waals surface area contributed by atoms with E-state index >= 15 is 0 Å². The highest BCUT2D eigenvalue weighted by Crippen LogP contribution is 2.32. The van der Waals surface area contributed by atoms with Gasteiger partial charge < -0.3 is 8.92 Å². The van der Waals surface area contributed by atoms with Crippen LogP contribution in [0.15, 0.2) is 90.0 Å². The number of benzene rings is 3. The summed E-state index contributed by atoms with van der Waals surface area (Å²) in [5, 5.41) is 0.681. The molecule has 5 nitrogen and oxygen atoms in total. The zero-order valence-electron chi connectivity index (χ0n) is 15.8. The molecule has 0 saturated heterocycles. The Morgan fingerprint density at radius 1 is 0.828 bits per heavy atom. The van der Waals surface area contributed by atoms with Crippen molar-refractivity contribution in [3.8, 4) is 11.5 Å². The quantitative estimate of drug-likeness (QED) is 0.427. The summed E-state index contributed by atoms with van der Waals surface area (Å²) in [6.45, 7) is 2.29. The van der Waals surface area contributed by atoms with Gasteiger partial charge in [0.25, 0.3) is 0 Å². The number of aryl methyl sites for hydroxylation is 1. The molecule has 3 aromatic carbocycles. The molecule has 4 rings (SSSR count). The van der Waals surface area contributed by atoms with Crippen LogP contribution in [0.5, 0.6) is 11.5 Å². The molecule has 0 unspecified atom stereocenters. The van der Waals surface area contributed by atoms with Gasteiger partial charge in [0, 0.05) is 11.6 Å². The Bertz CT molecular complexity index is 1240. The molecule has 0 aliphatic heterocycles. The predicted octanol–water partition coefficient (Wildman–Crippen LogP) is 4.89. The number of rotatable bonds is 6. The molecule has 1 heterocycles. The van der Waals surface area contributed by atoms with Crippen molar-refractivity contribution in [1.29, 1.82) is 0 Å². The summed E-state index contributed by atoms with van der Waals surface area (Å²) in [5.41, 5.74) is 2.43. The monoisotopic (exact) mass is 405 g/mol. The first-order chi connectivity index (χ1) is 14.0. The fourth-order valence-corrected chi connectivity index (χ4v) is 3.86. The second-order valence-corrected chi connectivity index (χ2v) is 8.13. The lowest BCUT2D eigenvalue weighted by Crippen LogP contribution is -2.10. The predicted molar refractivity (Wildman–Crippen MR) is 112 cm³/mol. The Morgan fingerprint density at radius 2 is 1.59 bits per heavy atom. The molecule has 0 amide bonds. The van der Waals surface area contributed by atoms with Crippen LogP contribution >= 0.6 is 0 Å². The Morgan fingerprint density at radius 3 is 2.34 bits per heavy atom. The summed E-state index contributed by atoms with van der Waals surface area (Å²) in [5.74, 6) is 0.769. The lowest BCUT2D eigenvalue weighted by Gasteiger charge is -2.12. The molecule has 0 bridgehead atoms. The Balaban J connectivity index is 1.65. The number of nitrogens with zero attached hydrogens (tertiary/aromatic N) is 1. The molecule has 0 fully saturated rings. The van der Waals surface area contributed by atoms with Crippen molar-refractivity contribution in [2.45, 2.75) is 18.4 Å². The summed E-state index contributed by atoms with van der Waals surface area (Å²) in [4.78, 5) is 4.41. The molecule has 29 heavy (non-hydrogen) atoms. The zero-order chi connectivity index (χ0) is 20.3. The van der Waals surface area contributed by atoms with E-state index in [9.17, 15) is 8.42 Å². The van der Waals surface area contributed by atoms with Gasteiger partial charge in [0.2, 0.25) is 0 Å². The topological polar surface area (TPSA) is 65.5 Å². The number of para-hydroxylation sites is 1. The van der Waals surface area contributed by atoms with Crippen LogP contribution < -0.4 is 8.92 Å². The molecular formula is C23H19NO4S. The van der Waals surface area contributed by atoms with Crippen LogP contribution in [0.2, 0.25) is 0 Å². The van der Waals surface area contributed by atoms with Crippen molar-refractivity contribution in [1.82, 2.24) is 4.98 Å². The van der Waals surface area contributed by atoms with Crippen LogP contribution in [-0.2, 0) is 16.7 Å². The van der Waals surface area contributed by atoms with Crippen LogP contribution in [-0.4, -0.2) is 13.4 Å². The minimum atomic E-state index is -3.97. The summed E-state index contributed by atoms with van der Waals surface area (Å²) in [7, 11) is -3.97. The fourth-order valence-electron chi connectivity index (χ4n) is 2.92. The van der Waals surface area contributed by atoms with Crippen LogP contribution in [0.25, 0.3) is 10.9 Å². The molecule has 0 atom stereocenters. The SMILES string of the molecule is Cc1ccc(S(=O)(=O)Oc2cccc3c(OCc4ccccc4)ccnc23)cc1. The molecule has 146 valence electrons. The Labute approximate surface area is 169 Å². The number of aromatic nitrogens is 1. The van der Waals surface area contributed by atoms with E-state index in [1.54, 1.807) is 36.5 Å². The van der Waals surface area contributed by atoms with Gasteiger partial charge in [-0.1, -0.05) is 54.1 Å². The maximum Gasteiger partial charge on any atom is 0.339 e. The van der Waals surface area contributed by atoms with Crippen molar-refractivity contribution in [2.75, 3.05) is 0 Å². The highest BCUT2D eigenvalue weighted by molar-refractivity contribution is 7.87. The van der Waals surface area contributed by atoms with Gasteiger partial charge in [0.05, 0.1) is 0 Å². The van der Waals surface area contributed by atoms with Crippen LogP contribution in [0.1, 0.15) is 11.1 Å². The molecule has 0 aliphatic carbocycles. The smallest absolute Gasteiger partial charge is 0.339 e. The van der Waals surface area contributed by atoms with Gasteiger partial charge in [-0.05, 0) is 42.8 Å². The molecule has 0 radical (unpaired) electrons. The molecule has 6 heteroatoms. The standard InChI is InChI=1S/C23H19NO4S/c1-17-10-12-19(13-11-17)29(25,26)28-22-9-5-8-20-21(14-15-24-23(20)22)27-16-18-6-3-2-4-7-18/h2-15H,16H2,1H3. The number of fused-ring (bicyclic) bond motifs is 1.